The van der Waals surface area contributed by atoms with Gasteiger partial charge in [-0.1, -0.05) is 60.5 Å². The first-order valence-corrected chi connectivity index (χ1v) is 14.3. The molecule has 0 N–H and O–H groups in total. The first-order valence-electron chi connectivity index (χ1n) is 14.3. The van der Waals surface area contributed by atoms with Crippen molar-refractivity contribution in [3.8, 4) is 0 Å². The van der Waals surface area contributed by atoms with Crippen molar-refractivity contribution < 1.29 is 14.3 Å². The fourth-order valence-electron chi connectivity index (χ4n) is 9.74. The molecule has 1 unspecified atom stereocenters. The van der Waals surface area contributed by atoms with Crippen molar-refractivity contribution in [1.82, 2.24) is 0 Å². The Hall–Kier alpha value is -1.12. The Labute approximate surface area is 208 Å². The van der Waals surface area contributed by atoms with E-state index in [0.29, 0.717) is 30.1 Å². The lowest BCUT2D eigenvalue weighted by Gasteiger charge is -2.61. The van der Waals surface area contributed by atoms with E-state index in [9.17, 15) is 9.59 Å². The van der Waals surface area contributed by atoms with Crippen LogP contribution in [0.15, 0.2) is 12.7 Å². The molecule has 34 heavy (non-hydrogen) atoms. The van der Waals surface area contributed by atoms with Crippen LogP contribution in [0.3, 0.4) is 0 Å². The second-order valence-corrected chi connectivity index (χ2v) is 13.7. The largest absolute Gasteiger partial charge is 0.447 e. The summed E-state index contributed by atoms with van der Waals surface area (Å²) in [6.07, 6.45) is 14.7. The summed E-state index contributed by atoms with van der Waals surface area (Å²) in [4.78, 5) is 25.3. The summed E-state index contributed by atoms with van der Waals surface area (Å²) >= 11 is 0. The topological polar surface area (TPSA) is 43.4 Å². The normalized spacial score (nSPS) is 44.7. The number of ketones is 1. The van der Waals surface area contributed by atoms with Crippen LogP contribution in [0.4, 0.5) is 0 Å². The van der Waals surface area contributed by atoms with E-state index in [4.69, 9.17) is 4.74 Å². The summed E-state index contributed by atoms with van der Waals surface area (Å²) in [5, 5.41) is 0. The van der Waals surface area contributed by atoms with Crippen LogP contribution in [0.2, 0.25) is 0 Å². The third-order valence-corrected chi connectivity index (χ3v) is 11.5. The highest BCUT2D eigenvalue weighted by molar-refractivity contribution is 5.92. The Morgan fingerprint density at radius 1 is 1.06 bits per heavy atom. The average molecular weight is 471 g/mol. The predicted octanol–water partition coefficient (Wildman–Crippen LogP) is 7.77. The van der Waals surface area contributed by atoms with E-state index in [1.54, 1.807) is 6.08 Å². The Balaban J connectivity index is 1.50. The molecule has 3 heteroatoms. The van der Waals surface area contributed by atoms with Gasteiger partial charge in [0.1, 0.15) is 0 Å². The van der Waals surface area contributed by atoms with Crippen LogP contribution < -0.4 is 0 Å². The zero-order chi connectivity index (χ0) is 24.9. The predicted molar refractivity (Wildman–Crippen MR) is 138 cm³/mol. The number of ether oxygens (including phenoxy) is 1. The number of esters is 1. The van der Waals surface area contributed by atoms with Gasteiger partial charge in [-0.05, 0) is 96.9 Å². The molecule has 4 rings (SSSR count). The number of hydrogen-bond donors (Lipinski definition) is 0. The number of carbonyl (C=O) groups is 2. The first kappa shape index (κ1) is 26.0. The van der Waals surface area contributed by atoms with Gasteiger partial charge in [-0.15, -0.1) is 0 Å². The maximum absolute atomic E-state index is 13.4. The second kappa shape index (κ2) is 9.40. The van der Waals surface area contributed by atoms with Crippen molar-refractivity contribution in [2.45, 2.75) is 118 Å². The molecule has 4 fully saturated rings. The van der Waals surface area contributed by atoms with E-state index in [2.05, 4.69) is 41.2 Å². The van der Waals surface area contributed by atoms with E-state index >= 15 is 0 Å². The molecule has 0 saturated heterocycles. The lowest BCUT2D eigenvalue weighted by molar-refractivity contribution is -0.180. The zero-order valence-electron chi connectivity index (χ0n) is 22.8. The van der Waals surface area contributed by atoms with Crippen molar-refractivity contribution in [2.24, 2.45) is 52.3 Å². The number of hydrogen-bond acceptors (Lipinski definition) is 3. The van der Waals surface area contributed by atoms with Crippen LogP contribution in [-0.2, 0) is 14.3 Å². The summed E-state index contributed by atoms with van der Waals surface area (Å²) in [6.45, 7) is 17.6. The minimum atomic E-state index is -1.10. The van der Waals surface area contributed by atoms with Crippen LogP contribution >= 0.6 is 0 Å². The Morgan fingerprint density at radius 3 is 2.41 bits per heavy atom. The SMILES string of the molecule is C=CC1(OC(C)=O)C[C@@H]2CC[C@@H]3[C@H](CC[C@]4(C)[C@@H]([C@H](C)CCCC(C)C)CC[C@@H]34)[C@@]2(C)CC1=O. The smallest absolute Gasteiger partial charge is 0.303 e. The van der Waals surface area contributed by atoms with E-state index < -0.39 is 5.60 Å². The van der Waals surface area contributed by atoms with Crippen LogP contribution in [-0.4, -0.2) is 17.4 Å². The molecule has 0 aliphatic heterocycles. The average Bonchev–Trinajstić information content (AvgIpc) is 3.11. The highest BCUT2D eigenvalue weighted by Crippen LogP contribution is 2.68. The first-order chi connectivity index (χ1) is 16.0. The van der Waals surface area contributed by atoms with Gasteiger partial charge in [0.25, 0.3) is 0 Å². The second-order valence-electron chi connectivity index (χ2n) is 13.7. The minimum absolute atomic E-state index is 0.0367. The molecular formula is C31H50O3. The molecule has 4 aliphatic carbocycles. The summed E-state index contributed by atoms with van der Waals surface area (Å²) in [7, 11) is 0. The van der Waals surface area contributed by atoms with E-state index in [1.807, 2.05) is 0 Å². The van der Waals surface area contributed by atoms with Gasteiger partial charge in [0.05, 0.1) is 0 Å². The molecule has 0 spiro atoms. The summed E-state index contributed by atoms with van der Waals surface area (Å²) < 4.78 is 5.64. The molecule has 0 aromatic heterocycles. The molecule has 0 aromatic carbocycles. The van der Waals surface area contributed by atoms with Crippen molar-refractivity contribution >= 4 is 11.8 Å². The maximum Gasteiger partial charge on any atom is 0.303 e. The van der Waals surface area contributed by atoms with E-state index in [0.717, 1.165) is 36.0 Å². The molecule has 0 bridgehead atoms. The van der Waals surface area contributed by atoms with Crippen molar-refractivity contribution in [3.05, 3.63) is 12.7 Å². The van der Waals surface area contributed by atoms with Gasteiger partial charge in [-0.2, -0.15) is 0 Å². The van der Waals surface area contributed by atoms with Crippen LogP contribution in [0.5, 0.6) is 0 Å². The highest BCUT2D eigenvalue weighted by atomic mass is 16.6. The monoisotopic (exact) mass is 470 g/mol. The lowest BCUT2D eigenvalue weighted by atomic mass is 9.43. The highest BCUT2D eigenvalue weighted by Gasteiger charge is 2.63. The van der Waals surface area contributed by atoms with Crippen molar-refractivity contribution in [1.29, 1.82) is 0 Å². The zero-order valence-corrected chi connectivity index (χ0v) is 22.8. The molecule has 0 heterocycles. The molecule has 4 aliphatic rings. The Morgan fingerprint density at radius 2 is 1.76 bits per heavy atom. The molecule has 0 radical (unpaired) electrons. The fraction of sp³-hybridized carbons (Fsp3) is 0.871. The minimum Gasteiger partial charge on any atom is -0.447 e. The molecule has 192 valence electrons. The van der Waals surface area contributed by atoms with Gasteiger partial charge in [-0.3, -0.25) is 9.59 Å². The molecule has 3 nitrogen and oxygen atoms in total. The van der Waals surface area contributed by atoms with Gasteiger partial charge in [0, 0.05) is 19.8 Å². The van der Waals surface area contributed by atoms with E-state index in [-0.39, 0.29) is 17.2 Å². The lowest BCUT2D eigenvalue weighted by Crippen LogP contribution is -2.59. The van der Waals surface area contributed by atoms with Gasteiger partial charge in [0.15, 0.2) is 11.4 Å². The standard InChI is InChI=1S/C31H50O3/c1-8-31(34-22(5)32)18-23-12-13-24-26-15-14-25(21(4)11-9-10-20(2)3)29(26,6)17-16-27(24)30(23,7)19-28(31)33/h8,20-21,23-27H,1,9-19H2,2-7H3/t21-,23+,24+,25-,26+,27+,29-,30+,31?/m1/s1. The number of fused-ring (bicyclic) bond motifs is 5. The van der Waals surface area contributed by atoms with Crippen molar-refractivity contribution in [2.75, 3.05) is 0 Å². The van der Waals surface area contributed by atoms with Crippen LogP contribution in [0.25, 0.3) is 0 Å². The fourth-order valence-corrected chi connectivity index (χ4v) is 9.74. The molecule has 4 saturated carbocycles. The number of Topliss-reactive ketones (excluding diaryl/α,β-unsaturated/α-hetero) is 1. The summed E-state index contributed by atoms with van der Waals surface area (Å²) in [5.74, 6) is 4.83. The van der Waals surface area contributed by atoms with E-state index in [1.165, 1.54) is 58.3 Å². The number of carbonyl (C=O) groups excluding carboxylic acids is 2. The maximum atomic E-state index is 13.4. The van der Waals surface area contributed by atoms with Gasteiger partial charge in [-0.25, -0.2) is 0 Å². The summed E-state index contributed by atoms with van der Waals surface area (Å²) in [6, 6.07) is 0. The third kappa shape index (κ3) is 4.21. The summed E-state index contributed by atoms with van der Waals surface area (Å²) in [5.41, 5.74) is -0.590. The molecule has 9 atom stereocenters. The van der Waals surface area contributed by atoms with Gasteiger partial charge < -0.3 is 4.74 Å². The van der Waals surface area contributed by atoms with Crippen LogP contribution in [0, 0.1) is 52.3 Å². The Bertz CT molecular complexity index is 800. The number of rotatable bonds is 7. The Kier molecular flexibility index (Phi) is 7.17. The van der Waals surface area contributed by atoms with Crippen molar-refractivity contribution in [3.63, 3.8) is 0 Å². The molecule has 0 amide bonds. The van der Waals surface area contributed by atoms with Gasteiger partial charge >= 0.3 is 5.97 Å². The third-order valence-electron chi connectivity index (χ3n) is 11.5. The van der Waals surface area contributed by atoms with Crippen LogP contribution in [0.1, 0.15) is 112 Å². The quantitative estimate of drug-likeness (QED) is 0.282. The molecule has 0 aromatic rings. The van der Waals surface area contributed by atoms with Gasteiger partial charge in [0.2, 0.25) is 0 Å². The molecular weight excluding hydrogens is 420 g/mol.